The van der Waals surface area contributed by atoms with E-state index < -0.39 is 0 Å². The molecule has 0 bridgehead atoms. The Bertz CT molecular complexity index is 180. The Kier molecular flexibility index (Phi) is 7.27. The topological polar surface area (TPSA) is 17.1 Å². The molecule has 0 aliphatic carbocycles. The SMILES string of the molecule is C=CC(C)CCC=C(C)CCC=O. The molecule has 0 fully saturated rings. The molecule has 0 saturated carbocycles. The van der Waals surface area contributed by atoms with E-state index in [4.69, 9.17) is 0 Å². The molecule has 0 aromatic heterocycles. The summed E-state index contributed by atoms with van der Waals surface area (Å²) in [6.45, 7) is 7.99. The highest BCUT2D eigenvalue weighted by Gasteiger charge is 1.94. The zero-order chi connectivity index (χ0) is 10.1. The molecule has 0 N–H and O–H groups in total. The monoisotopic (exact) mass is 180 g/mol. The van der Waals surface area contributed by atoms with E-state index in [1.165, 1.54) is 5.57 Å². The van der Waals surface area contributed by atoms with Gasteiger partial charge in [0.15, 0.2) is 0 Å². The molecular formula is C12H20O. The van der Waals surface area contributed by atoms with Gasteiger partial charge in [-0.2, -0.15) is 0 Å². The number of allylic oxidation sites excluding steroid dienone is 3. The highest BCUT2D eigenvalue weighted by Crippen LogP contribution is 2.10. The Labute approximate surface area is 81.5 Å². The largest absolute Gasteiger partial charge is 0.303 e. The third-order valence-corrected chi connectivity index (χ3v) is 2.17. The molecule has 0 spiro atoms. The molecule has 1 nitrogen and oxygen atoms in total. The van der Waals surface area contributed by atoms with Gasteiger partial charge in [0, 0.05) is 6.42 Å². The molecule has 0 saturated heterocycles. The molecule has 74 valence electrons. The lowest BCUT2D eigenvalue weighted by molar-refractivity contribution is -0.107. The molecule has 0 radical (unpaired) electrons. The molecule has 1 unspecified atom stereocenters. The average molecular weight is 180 g/mol. The number of hydrogen-bond donors (Lipinski definition) is 0. The molecule has 1 heteroatoms. The van der Waals surface area contributed by atoms with Crippen molar-refractivity contribution in [3.63, 3.8) is 0 Å². The van der Waals surface area contributed by atoms with E-state index in [0.29, 0.717) is 12.3 Å². The minimum Gasteiger partial charge on any atom is -0.303 e. The Morgan fingerprint density at radius 1 is 1.46 bits per heavy atom. The van der Waals surface area contributed by atoms with Crippen LogP contribution in [-0.4, -0.2) is 6.29 Å². The van der Waals surface area contributed by atoms with E-state index in [0.717, 1.165) is 25.5 Å². The normalized spacial score (nSPS) is 13.8. The standard InChI is InChI=1S/C12H20O/c1-4-11(2)7-5-8-12(3)9-6-10-13/h4,8,10-11H,1,5-7,9H2,2-3H3. The van der Waals surface area contributed by atoms with E-state index >= 15 is 0 Å². The Morgan fingerprint density at radius 3 is 2.69 bits per heavy atom. The Hall–Kier alpha value is -0.850. The molecule has 0 aliphatic heterocycles. The van der Waals surface area contributed by atoms with Crippen LogP contribution in [0.15, 0.2) is 24.3 Å². The van der Waals surface area contributed by atoms with E-state index in [1.807, 2.05) is 6.08 Å². The van der Waals surface area contributed by atoms with E-state index in [9.17, 15) is 4.79 Å². The van der Waals surface area contributed by atoms with E-state index in [2.05, 4.69) is 26.5 Å². The van der Waals surface area contributed by atoms with Crippen LogP contribution in [-0.2, 0) is 4.79 Å². The third kappa shape index (κ3) is 7.51. The predicted molar refractivity (Wildman–Crippen MR) is 57.7 cm³/mol. The molecule has 0 amide bonds. The minimum absolute atomic E-state index is 0.593. The lowest BCUT2D eigenvalue weighted by Crippen LogP contribution is -1.87. The number of carbonyl (C=O) groups excluding carboxylic acids is 1. The molecule has 0 aromatic rings. The van der Waals surface area contributed by atoms with Gasteiger partial charge in [0.05, 0.1) is 0 Å². The fourth-order valence-electron chi connectivity index (χ4n) is 1.10. The zero-order valence-corrected chi connectivity index (χ0v) is 8.75. The van der Waals surface area contributed by atoms with Crippen molar-refractivity contribution in [1.29, 1.82) is 0 Å². The number of carbonyl (C=O) groups is 1. The molecule has 0 heterocycles. The maximum atomic E-state index is 10.1. The Morgan fingerprint density at radius 2 is 2.15 bits per heavy atom. The Balaban J connectivity index is 3.57. The predicted octanol–water partition coefficient (Wildman–Crippen LogP) is 3.51. The highest BCUT2D eigenvalue weighted by molar-refractivity contribution is 5.49. The van der Waals surface area contributed by atoms with Crippen LogP contribution in [0.5, 0.6) is 0 Å². The van der Waals surface area contributed by atoms with Gasteiger partial charge in [0.1, 0.15) is 6.29 Å². The van der Waals surface area contributed by atoms with Gasteiger partial charge in [-0.25, -0.2) is 0 Å². The van der Waals surface area contributed by atoms with Crippen LogP contribution in [0, 0.1) is 5.92 Å². The van der Waals surface area contributed by atoms with Gasteiger partial charge < -0.3 is 4.79 Å². The van der Waals surface area contributed by atoms with Gasteiger partial charge in [0.2, 0.25) is 0 Å². The van der Waals surface area contributed by atoms with Crippen LogP contribution in [0.1, 0.15) is 39.5 Å². The van der Waals surface area contributed by atoms with Crippen molar-refractivity contribution in [3.8, 4) is 0 Å². The summed E-state index contributed by atoms with van der Waals surface area (Å²) in [5.41, 5.74) is 1.32. The van der Waals surface area contributed by atoms with Crippen LogP contribution < -0.4 is 0 Å². The minimum atomic E-state index is 0.593. The van der Waals surface area contributed by atoms with Crippen LogP contribution in [0.2, 0.25) is 0 Å². The molecular weight excluding hydrogens is 160 g/mol. The zero-order valence-electron chi connectivity index (χ0n) is 8.75. The third-order valence-electron chi connectivity index (χ3n) is 2.17. The van der Waals surface area contributed by atoms with Gasteiger partial charge in [-0.1, -0.05) is 24.6 Å². The van der Waals surface area contributed by atoms with E-state index in [1.54, 1.807) is 0 Å². The van der Waals surface area contributed by atoms with Crippen LogP contribution >= 0.6 is 0 Å². The van der Waals surface area contributed by atoms with Crippen molar-refractivity contribution in [2.75, 3.05) is 0 Å². The van der Waals surface area contributed by atoms with Crippen molar-refractivity contribution in [1.82, 2.24) is 0 Å². The molecule has 0 rings (SSSR count). The maximum Gasteiger partial charge on any atom is 0.120 e. The fraction of sp³-hybridized carbons (Fsp3) is 0.583. The number of rotatable bonds is 7. The number of aldehydes is 1. The first-order valence-corrected chi connectivity index (χ1v) is 4.92. The molecule has 0 aromatic carbocycles. The smallest absolute Gasteiger partial charge is 0.120 e. The van der Waals surface area contributed by atoms with Crippen molar-refractivity contribution < 1.29 is 4.79 Å². The summed E-state index contributed by atoms with van der Waals surface area (Å²) in [4.78, 5) is 10.1. The molecule has 13 heavy (non-hydrogen) atoms. The molecule has 0 aliphatic rings. The van der Waals surface area contributed by atoms with Gasteiger partial charge >= 0.3 is 0 Å². The maximum absolute atomic E-state index is 10.1. The summed E-state index contributed by atoms with van der Waals surface area (Å²) >= 11 is 0. The lowest BCUT2D eigenvalue weighted by atomic mass is 10.0. The van der Waals surface area contributed by atoms with Crippen LogP contribution in [0.25, 0.3) is 0 Å². The second kappa shape index (κ2) is 7.78. The average Bonchev–Trinajstić information content (AvgIpc) is 2.14. The van der Waals surface area contributed by atoms with E-state index in [-0.39, 0.29) is 0 Å². The fourth-order valence-corrected chi connectivity index (χ4v) is 1.10. The first-order chi connectivity index (χ1) is 6.20. The second-order valence-electron chi connectivity index (χ2n) is 3.55. The first kappa shape index (κ1) is 12.2. The summed E-state index contributed by atoms with van der Waals surface area (Å²) in [5.74, 6) is 0.593. The van der Waals surface area contributed by atoms with Gasteiger partial charge in [0.25, 0.3) is 0 Å². The van der Waals surface area contributed by atoms with Crippen molar-refractivity contribution in [2.24, 2.45) is 5.92 Å². The van der Waals surface area contributed by atoms with Crippen LogP contribution in [0.3, 0.4) is 0 Å². The first-order valence-electron chi connectivity index (χ1n) is 4.92. The van der Waals surface area contributed by atoms with Crippen molar-refractivity contribution >= 4 is 6.29 Å². The molecule has 1 atom stereocenters. The van der Waals surface area contributed by atoms with Gasteiger partial charge in [-0.05, 0) is 32.1 Å². The van der Waals surface area contributed by atoms with Gasteiger partial charge in [-0.15, -0.1) is 6.58 Å². The second-order valence-corrected chi connectivity index (χ2v) is 3.55. The summed E-state index contributed by atoms with van der Waals surface area (Å²) < 4.78 is 0. The quantitative estimate of drug-likeness (QED) is 0.433. The summed E-state index contributed by atoms with van der Waals surface area (Å²) in [5, 5.41) is 0. The highest BCUT2D eigenvalue weighted by atomic mass is 16.1. The van der Waals surface area contributed by atoms with Gasteiger partial charge in [-0.3, -0.25) is 0 Å². The van der Waals surface area contributed by atoms with Crippen LogP contribution in [0.4, 0.5) is 0 Å². The number of hydrogen-bond acceptors (Lipinski definition) is 1. The summed E-state index contributed by atoms with van der Waals surface area (Å²) in [7, 11) is 0. The lowest BCUT2D eigenvalue weighted by Gasteiger charge is -2.02. The summed E-state index contributed by atoms with van der Waals surface area (Å²) in [6.07, 6.45) is 8.99. The van der Waals surface area contributed by atoms with Crippen molar-refractivity contribution in [2.45, 2.75) is 39.5 Å². The summed E-state index contributed by atoms with van der Waals surface area (Å²) in [6, 6.07) is 0. The van der Waals surface area contributed by atoms with Crippen molar-refractivity contribution in [3.05, 3.63) is 24.3 Å².